The number of amides is 2. The van der Waals surface area contributed by atoms with Gasteiger partial charge in [-0.15, -0.1) is 0 Å². The number of carbonyl (C=O) groups is 1. The lowest BCUT2D eigenvalue weighted by Gasteiger charge is -2.15. The molecule has 5 heteroatoms. The second-order valence-electron chi connectivity index (χ2n) is 4.57. The van der Waals surface area contributed by atoms with Gasteiger partial charge >= 0.3 is 6.03 Å². The second kappa shape index (κ2) is 6.39. The summed E-state index contributed by atoms with van der Waals surface area (Å²) in [4.78, 5) is 16.0. The normalized spacial score (nSPS) is 11.8. The highest BCUT2D eigenvalue weighted by atomic mass is 35.5. The summed E-state index contributed by atoms with van der Waals surface area (Å²) in [6.07, 6.45) is 3.43. The van der Waals surface area contributed by atoms with Gasteiger partial charge in [0.25, 0.3) is 0 Å². The summed E-state index contributed by atoms with van der Waals surface area (Å²) in [5.74, 6) is 0. The zero-order valence-corrected chi connectivity index (χ0v) is 12.1. The molecule has 20 heavy (non-hydrogen) atoms. The molecular weight excluding hydrogens is 274 g/mol. The fourth-order valence-electron chi connectivity index (χ4n) is 1.80. The average molecular weight is 290 g/mol. The highest BCUT2D eigenvalue weighted by Crippen LogP contribution is 2.20. The molecule has 2 rings (SSSR count). The van der Waals surface area contributed by atoms with E-state index in [4.69, 9.17) is 11.6 Å². The van der Waals surface area contributed by atoms with Gasteiger partial charge in [0.05, 0.1) is 6.04 Å². The Morgan fingerprint density at radius 1 is 1.35 bits per heavy atom. The quantitative estimate of drug-likeness (QED) is 0.899. The monoisotopic (exact) mass is 289 g/mol. The number of anilines is 1. The molecule has 0 radical (unpaired) electrons. The molecule has 104 valence electrons. The first-order valence-corrected chi connectivity index (χ1v) is 6.67. The van der Waals surface area contributed by atoms with E-state index in [2.05, 4.69) is 15.6 Å². The SMILES string of the molecule is Cc1ccc(Cl)cc1NC(=O)N[C@@H](C)c1cccnc1. The van der Waals surface area contributed by atoms with Crippen LogP contribution in [0.3, 0.4) is 0 Å². The van der Waals surface area contributed by atoms with Crippen molar-refractivity contribution in [1.29, 1.82) is 0 Å². The summed E-state index contributed by atoms with van der Waals surface area (Å²) in [7, 11) is 0. The topological polar surface area (TPSA) is 54.0 Å². The van der Waals surface area contributed by atoms with Crippen LogP contribution in [0.1, 0.15) is 24.1 Å². The molecule has 0 unspecified atom stereocenters. The van der Waals surface area contributed by atoms with Gasteiger partial charge in [0.2, 0.25) is 0 Å². The zero-order chi connectivity index (χ0) is 14.5. The van der Waals surface area contributed by atoms with Crippen LogP contribution in [0.5, 0.6) is 0 Å². The molecule has 1 heterocycles. The fourth-order valence-corrected chi connectivity index (χ4v) is 1.97. The van der Waals surface area contributed by atoms with Crippen molar-refractivity contribution in [3.05, 3.63) is 58.9 Å². The molecule has 0 aliphatic heterocycles. The van der Waals surface area contributed by atoms with Crippen LogP contribution in [0, 0.1) is 6.92 Å². The van der Waals surface area contributed by atoms with Crippen molar-refractivity contribution in [2.24, 2.45) is 0 Å². The lowest BCUT2D eigenvalue weighted by molar-refractivity contribution is 0.249. The molecule has 2 aromatic rings. The maximum atomic E-state index is 12.0. The summed E-state index contributed by atoms with van der Waals surface area (Å²) in [5.41, 5.74) is 2.61. The Labute approximate surface area is 123 Å². The van der Waals surface area contributed by atoms with Gasteiger partial charge in [0.15, 0.2) is 0 Å². The van der Waals surface area contributed by atoms with Crippen LogP contribution in [0.15, 0.2) is 42.7 Å². The van der Waals surface area contributed by atoms with E-state index in [1.807, 2.05) is 32.0 Å². The van der Waals surface area contributed by atoms with E-state index in [9.17, 15) is 4.79 Å². The highest BCUT2D eigenvalue weighted by Gasteiger charge is 2.10. The van der Waals surface area contributed by atoms with Crippen molar-refractivity contribution in [2.45, 2.75) is 19.9 Å². The highest BCUT2D eigenvalue weighted by molar-refractivity contribution is 6.31. The Morgan fingerprint density at radius 3 is 2.85 bits per heavy atom. The Hall–Kier alpha value is -2.07. The molecule has 0 aliphatic rings. The summed E-state index contributed by atoms with van der Waals surface area (Å²) in [6.45, 7) is 3.82. The van der Waals surface area contributed by atoms with E-state index in [1.165, 1.54) is 0 Å². The minimum atomic E-state index is -0.272. The molecule has 1 aromatic heterocycles. The van der Waals surface area contributed by atoms with Crippen LogP contribution in [0.2, 0.25) is 5.02 Å². The molecule has 0 aliphatic carbocycles. The van der Waals surface area contributed by atoms with Gasteiger partial charge in [-0.25, -0.2) is 4.79 Å². The summed E-state index contributed by atoms with van der Waals surface area (Å²) in [6, 6.07) is 8.75. The Balaban J connectivity index is 2.01. The predicted molar refractivity (Wildman–Crippen MR) is 81.0 cm³/mol. The number of nitrogens with zero attached hydrogens (tertiary/aromatic N) is 1. The van der Waals surface area contributed by atoms with Crippen molar-refractivity contribution in [3.8, 4) is 0 Å². The number of pyridine rings is 1. The van der Waals surface area contributed by atoms with Crippen molar-refractivity contribution in [3.63, 3.8) is 0 Å². The van der Waals surface area contributed by atoms with Gasteiger partial charge in [-0.3, -0.25) is 4.98 Å². The lowest BCUT2D eigenvalue weighted by atomic mass is 10.1. The third-order valence-electron chi connectivity index (χ3n) is 2.98. The van der Waals surface area contributed by atoms with Crippen LogP contribution >= 0.6 is 11.6 Å². The standard InChI is InChI=1S/C15H16ClN3O/c1-10-5-6-13(16)8-14(10)19-15(20)18-11(2)12-4-3-7-17-9-12/h3-9,11H,1-2H3,(H2,18,19,20)/t11-/m0/s1. The number of urea groups is 1. The van der Waals surface area contributed by atoms with E-state index < -0.39 is 0 Å². The number of carbonyl (C=O) groups excluding carboxylic acids is 1. The molecule has 0 fully saturated rings. The van der Waals surface area contributed by atoms with E-state index in [-0.39, 0.29) is 12.1 Å². The van der Waals surface area contributed by atoms with Crippen molar-refractivity contribution in [1.82, 2.24) is 10.3 Å². The molecular formula is C15H16ClN3O. The van der Waals surface area contributed by atoms with Gasteiger partial charge in [0, 0.05) is 23.1 Å². The maximum absolute atomic E-state index is 12.0. The minimum Gasteiger partial charge on any atom is -0.331 e. The molecule has 0 spiro atoms. The average Bonchev–Trinajstić information content (AvgIpc) is 2.43. The number of aryl methyl sites for hydroxylation is 1. The minimum absolute atomic E-state index is 0.122. The summed E-state index contributed by atoms with van der Waals surface area (Å²) >= 11 is 5.92. The van der Waals surface area contributed by atoms with Gasteiger partial charge in [-0.05, 0) is 43.2 Å². The number of benzene rings is 1. The largest absolute Gasteiger partial charge is 0.331 e. The first-order chi connectivity index (χ1) is 9.56. The van der Waals surface area contributed by atoms with Gasteiger partial charge in [-0.2, -0.15) is 0 Å². The number of halogens is 1. The third-order valence-corrected chi connectivity index (χ3v) is 3.21. The number of nitrogens with one attached hydrogen (secondary N) is 2. The molecule has 1 aromatic carbocycles. The Morgan fingerprint density at radius 2 is 2.15 bits per heavy atom. The molecule has 0 saturated carbocycles. The summed E-state index contributed by atoms with van der Waals surface area (Å²) in [5, 5.41) is 6.24. The number of rotatable bonds is 3. The van der Waals surface area contributed by atoms with Gasteiger partial charge in [0.1, 0.15) is 0 Å². The van der Waals surface area contributed by atoms with Crippen molar-refractivity contribution < 1.29 is 4.79 Å². The molecule has 0 bridgehead atoms. The maximum Gasteiger partial charge on any atom is 0.319 e. The fraction of sp³-hybridized carbons (Fsp3) is 0.200. The summed E-state index contributed by atoms with van der Waals surface area (Å²) < 4.78 is 0. The molecule has 2 amide bonds. The molecule has 2 N–H and O–H groups in total. The molecule has 0 saturated heterocycles. The Bertz CT molecular complexity index is 601. The second-order valence-corrected chi connectivity index (χ2v) is 5.00. The van der Waals surface area contributed by atoms with E-state index in [1.54, 1.807) is 24.5 Å². The van der Waals surface area contributed by atoms with E-state index >= 15 is 0 Å². The molecule has 1 atom stereocenters. The van der Waals surface area contributed by atoms with Crippen LogP contribution in [0.25, 0.3) is 0 Å². The number of aromatic nitrogens is 1. The molecule has 4 nitrogen and oxygen atoms in total. The van der Waals surface area contributed by atoms with E-state index in [0.29, 0.717) is 10.7 Å². The number of hydrogen-bond acceptors (Lipinski definition) is 2. The lowest BCUT2D eigenvalue weighted by Crippen LogP contribution is -2.31. The first-order valence-electron chi connectivity index (χ1n) is 6.30. The Kier molecular flexibility index (Phi) is 4.58. The van der Waals surface area contributed by atoms with Crippen molar-refractivity contribution >= 4 is 23.3 Å². The van der Waals surface area contributed by atoms with Crippen LogP contribution in [-0.2, 0) is 0 Å². The predicted octanol–water partition coefficient (Wildman–Crippen LogP) is 3.93. The smallest absolute Gasteiger partial charge is 0.319 e. The van der Waals surface area contributed by atoms with Gasteiger partial charge in [-0.1, -0.05) is 23.7 Å². The van der Waals surface area contributed by atoms with Crippen molar-refractivity contribution in [2.75, 3.05) is 5.32 Å². The zero-order valence-electron chi connectivity index (χ0n) is 11.4. The van der Waals surface area contributed by atoms with Crippen LogP contribution in [-0.4, -0.2) is 11.0 Å². The van der Waals surface area contributed by atoms with Gasteiger partial charge < -0.3 is 10.6 Å². The van der Waals surface area contributed by atoms with Crippen LogP contribution < -0.4 is 10.6 Å². The van der Waals surface area contributed by atoms with Crippen LogP contribution in [0.4, 0.5) is 10.5 Å². The third kappa shape index (κ3) is 3.71. The first kappa shape index (κ1) is 14.3. The van der Waals surface area contributed by atoms with E-state index in [0.717, 1.165) is 11.1 Å². The number of hydrogen-bond donors (Lipinski definition) is 2.